The van der Waals surface area contributed by atoms with Crippen LogP contribution >= 0.6 is 11.8 Å². The Morgan fingerprint density at radius 1 is 1.11 bits per heavy atom. The third-order valence-corrected chi connectivity index (χ3v) is 4.04. The molecule has 0 saturated carbocycles. The highest BCUT2D eigenvalue weighted by atomic mass is 32.2. The fourth-order valence-electron chi connectivity index (χ4n) is 1.75. The Balaban J connectivity index is 2.31. The second-order valence-electron chi connectivity index (χ2n) is 6.63. The van der Waals surface area contributed by atoms with Crippen molar-refractivity contribution in [1.82, 2.24) is 5.32 Å². The minimum Gasteiger partial charge on any atom is -0.308 e. The van der Waals surface area contributed by atoms with Gasteiger partial charge in [-0.25, -0.2) is 0 Å². The predicted octanol–water partition coefficient (Wildman–Crippen LogP) is 5.10. The van der Waals surface area contributed by atoms with Gasteiger partial charge >= 0.3 is 0 Å². The van der Waals surface area contributed by atoms with Gasteiger partial charge in [0, 0.05) is 17.0 Å². The first-order valence-corrected chi connectivity index (χ1v) is 8.32. The summed E-state index contributed by atoms with van der Waals surface area (Å²) in [5.41, 5.74) is 1.55. The summed E-state index contributed by atoms with van der Waals surface area (Å²) in [4.78, 5) is 1.39. The second kappa shape index (κ2) is 7.96. The molecule has 0 atom stereocenters. The summed E-state index contributed by atoms with van der Waals surface area (Å²) in [7, 11) is 0. The van der Waals surface area contributed by atoms with Crippen molar-refractivity contribution in [3.63, 3.8) is 0 Å². The number of thioether (sulfide) groups is 1. The minimum absolute atomic E-state index is 0.185. The molecule has 1 nitrogen and oxygen atoms in total. The monoisotopic (exact) mass is 279 g/mol. The van der Waals surface area contributed by atoms with Crippen LogP contribution in [0.15, 0.2) is 29.2 Å². The van der Waals surface area contributed by atoms with Gasteiger partial charge in [-0.3, -0.25) is 0 Å². The molecule has 108 valence electrons. The molecule has 1 aromatic rings. The molecule has 0 unspecified atom stereocenters. The highest BCUT2D eigenvalue weighted by molar-refractivity contribution is 7.99. The van der Waals surface area contributed by atoms with Crippen molar-refractivity contribution in [2.45, 2.75) is 64.4 Å². The highest BCUT2D eigenvalue weighted by Crippen LogP contribution is 2.21. The second-order valence-corrected chi connectivity index (χ2v) is 7.80. The molecule has 0 bridgehead atoms. The van der Waals surface area contributed by atoms with Gasteiger partial charge in [0.25, 0.3) is 0 Å². The van der Waals surface area contributed by atoms with Crippen molar-refractivity contribution in [1.29, 1.82) is 0 Å². The van der Waals surface area contributed by atoms with E-state index in [1.807, 2.05) is 11.8 Å². The van der Waals surface area contributed by atoms with Crippen LogP contribution in [-0.4, -0.2) is 11.3 Å². The molecule has 19 heavy (non-hydrogen) atoms. The topological polar surface area (TPSA) is 12.0 Å². The van der Waals surface area contributed by atoms with Crippen LogP contribution in [-0.2, 0) is 6.54 Å². The fraction of sp³-hybridized carbons (Fsp3) is 0.647. The quantitative estimate of drug-likeness (QED) is 0.550. The van der Waals surface area contributed by atoms with E-state index in [0.29, 0.717) is 0 Å². The molecule has 0 saturated heterocycles. The third-order valence-electron chi connectivity index (χ3n) is 2.94. The van der Waals surface area contributed by atoms with Crippen LogP contribution in [0.1, 0.15) is 53.0 Å². The Bertz CT molecular complexity index is 349. The Kier molecular flexibility index (Phi) is 6.95. The summed E-state index contributed by atoms with van der Waals surface area (Å²) >= 11 is 1.97. The average Bonchev–Trinajstić information content (AvgIpc) is 2.32. The van der Waals surface area contributed by atoms with Crippen molar-refractivity contribution in [2.24, 2.45) is 5.92 Å². The van der Waals surface area contributed by atoms with Crippen LogP contribution < -0.4 is 5.32 Å². The Morgan fingerprint density at radius 3 is 2.26 bits per heavy atom. The Hall–Kier alpha value is -0.470. The van der Waals surface area contributed by atoms with E-state index in [-0.39, 0.29) is 5.54 Å². The van der Waals surface area contributed by atoms with E-state index in [0.717, 1.165) is 12.5 Å². The SMILES string of the molecule is CC(C)CCCSc1ccc(CNC(C)(C)C)cc1. The maximum atomic E-state index is 3.52. The highest BCUT2D eigenvalue weighted by Gasteiger charge is 2.08. The Morgan fingerprint density at radius 2 is 1.74 bits per heavy atom. The van der Waals surface area contributed by atoms with Crippen LogP contribution in [0.25, 0.3) is 0 Å². The van der Waals surface area contributed by atoms with Crippen molar-refractivity contribution >= 4 is 11.8 Å². The molecule has 0 fully saturated rings. The fourth-order valence-corrected chi connectivity index (χ4v) is 2.63. The molecular formula is C17H29NS. The number of nitrogens with one attached hydrogen (secondary N) is 1. The maximum absolute atomic E-state index is 3.52. The van der Waals surface area contributed by atoms with Gasteiger partial charge in [-0.05, 0) is 56.6 Å². The smallest absolute Gasteiger partial charge is 0.0210 e. The lowest BCUT2D eigenvalue weighted by molar-refractivity contribution is 0.424. The van der Waals surface area contributed by atoms with Gasteiger partial charge in [-0.15, -0.1) is 11.8 Å². The molecule has 0 heterocycles. The molecular weight excluding hydrogens is 250 g/mol. The van der Waals surface area contributed by atoms with Gasteiger partial charge in [-0.2, -0.15) is 0 Å². The van der Waals surface area contributed by atoms with Gasteiger partial charge in [0.05, 0.1) is 0 Å². The summed E-state index contributed by atoms with van der Waals surface area (Å²) in [6, 6.07) is 8.98. The summed E-state index contributed by atoms with van der Waals surface area (Å²) < 4.78 is 0. The summed E-state index contributed by atoms with van der Waals surface area (Å²) in [5.74, 6) is 2.06. The predicted molar refractivity (Wildman–Crippen MR) is 87.8 cm³/mol. The molecule has 0 amide bonds. The number of hydrogen-bond acceptors (Lipinski definition) is 2. The standard InChI is InChI=1S/C17H29NS/c1-14(2)7-6-12-19-16-10-8-15(9-11-16)13-18-17(3,4)5/h8-11,14,18H,6-7,12-13H2,1-5H3. The van der Waals surface area contributed by atoms with Crippen LogP contribution in [0.4, 0.5) is 0 Å². The molecule has 0 aliphatic heterocycles. The van der Waals surface area contributed by atoms with E-state index in [4.69, 9.17) is 0 Å². The number of hydrogen-bond donors (Lipinski definition) is 1. The summed E-state index contributed by atoms with van der Waals surface area (Å²) in [5, 5.41) is 3.52. The lowest BCUT2D eigenvalue weighted by Gasteiger charge is -2.20. The van der Waals surface area contributed by atoms with Gasteiger partial charge < -0.3 is 5.32 Å². The van der Waals surface area contributed by atoms with Gasteiger partial charge in [0.1, 0.15) is 0 Å². The third kappa shape index (κ3) is 8.33. The van der Waals surface area contributed by atoms with E-state index in [9.17, 15) is 0 Å². The molecule has 2 heteroatoms. The van der Waals surface area contributed by atoms with Crippen molar-refractivity contribution in [3.8, 4) is 0 Å². The first-order valence-electron chi connectivity index (χ1n) is 7.33. The zero-order chi connectivity index (χ0) is 14.3. The van der Waals surface area contributed by atoms with Crippen LogP contribution in [0.3, 0.4) is 0 Å². The first kappa shape index (κ1) is 16.6. The largest absolute Gasteiger partial charge is 0.308 e. The van der Waals surface area contributed by atoms with Gasteiger partial charge in [-0.1, -0.05) is 32.4 Å². The van der Waals surface area contributed by atoms with E-state index >= 15 is 0 Å². The maximum Gasteiger partial charge on any atom is 0.0210 e. The van der Waals surface area contributed by atoms with E-state index in [2.05, 4.69) is 64.2 Å². The normalized spacial score (nSPS) is 12.1. The average molecular weight is 279 g/mol. The molecule has 0 spiro atoms. The molecule has 0 aromatic heterocycles. The van der Waals surface area contributed by atoms with Crippen molar-refractivity contribution < 1.29 is 0 Å². The molecule has 0 aliphatic carbocycles. The van der Waals surface area contributed by atoms with E-state index in [1.165, 1.54) is 29.1 Å². The van der Waals surface area contributed by atoms with Crippen molar-refractivity contribution in [3.05, 3.63) is 29.8 Å². The summed E-state index contributed by atoms with van der Waals surface area (Å²) in [6.07, 6.45) is 2.65. The molecule has 1 aromatic carbocycles. The van der Waals surface area contributed by atoms with E-state index < -0.39 is 0 Å². The molecule has 1 rings (SSSR count). The van der Waals surface area contributed by atoms with Crippen LogP contribution in [0, 0.1) is 5.92 Å². The summed E-state index contributed by atoms with van der Waals surface area (Å²) in [6.45, 7) is 12.1. The lowest BCUT2D eigenvalue weighted by Crippen LogP contribution is -2.35. The first-order chi connectivity index (χ1) is 8.87. The van der Waals surface area contributed by atoms with Crippen LogP contribution in [0.5, 0.6) is 0 Å². The number of rotatable bonds is 7. The molecule has 1 N–H and O–H groups in total. The minimum atomic E-state index is 0.185. The van der Waals surface area contributed by atoms with Gasteiger partial charge in [0.2, 0.25) is 0 Å². The lowest BCUT2D eigenvalue weighted by atomic mass is 10.1. The van der Waals surface area contributed by atoms with Gasteiger partial charge in [0.15, 0.2) is 0 Å². The van der Waals surface area contributed by atoms with Crippen molar-refractivity contribution in [2.75, 3.05) is 5.75 Å². The molecule has 0 radical (unpaired) electrons. The van der Waals surface area contributed by atoms with Crippen LogP contribution in [0.2, 0.25) is 0 Å². The molecule has 0 aliphatic rings. The number of benzene rings is 1. The zero-order valence-electron chi connectivity index (χ0n) is 13.1. The zero-order valence-corrected chi connectivity index (χ0v) is 13.9. The Labute approximate surface area is 123 Å². The van der Waals surface area contributed by atoms with E-state index in [1.54, 1.807) is 0 Å².